The van der Waals surface area contributed by atoms with E-state index in [4.69, 9.17) is 11.6 Å². The van der Waals surface area contributed by atoms with Gasteiger partial charge in [-0.2, -0.15) is 10.2 Å². The van der Waals surface area contributed by atoms with Crippen molar-refractivity contribution in [3.63, 3.8) is 0 Å². The lowest BCUT2D eigenvalue weighted by atomic mass is 10.1. The van der Waals surface area contributed by atoms with Gasteiger partial charge < -0.3 is 5.32 Å². The second kappa shape index (κ2) is 9.93. The van der Waals surface area contributed by atoms with E-state index < -0.39 is 11.8 Å². The third-order valence-corrected chi connectivity index (χ3v) is 5.31. The molecule has 7 nitrogen and oxygen atoms in total. The summed E-state index contributed by atoms with van der Waals surface area (Å²) in [5, 5.41) is 11.7. The summed E-state index contributed by atoms with van der Waals surface area (Å²) >= 11 is 6.06. The minimum Gasteiger partial charge on any atom is -0.317 e. The van der Waals surface area contributed by atoms with Gasteiger partial charge in [-0.25, -0.2) is 10.1 Å². The van der Waals surface area contributed by atoms with E-state index >= 15 is 0 Å². The summed E-state index contributed by atoms with van der Waals surface area (Å²) in [5.74, 6) is -1.75. The van der Waals surface area contributed by atoms with Gasteiger partial charge in [-0.1, -0.05) is 66.2 Å². The summed E-state index contributed by atoms with van der Waals surface area (Å²) in [4.78, 5) is 24.5. The first-order chi connectivity index (χ1) is 16.0. The Hall–Kier alpha value is -4.23. The molecule has 3 aromatic carbocycles. The Morgan fingerprint density at radius 1 is 0.939 bits per heavy atom. The topological polar surface area (TPSA) is 88.4 Å². The Balaban J connectivity index is 1.52. The number of nitrogens with one attached hydrogen (secondary N) is 2. The Kier molecular flexibility index (Phi) is 6.61. The average molecular weight is 458 g/mol. The molecule has 4 rings (SSSR count). The Morgan fingerprint density at radius 3 is 2.36 bits per heavy atom. The van der Waals surface area contributed by atoms with Crippen LogP contribution in [0.4, 0.5) is 5.69 Å². The van der Waals surface area contributed by atoms with Crippen LogP contribution in [0.15, 0.2) is 90.2 Å². The third kappa shape index (κ3) is 5.16. The molecular weight excluding hydrogens is 438 g/mol. The first-order valence-electron chi connectivity index (χ1n) is 10.1. The lowest BCUT2D eigenvalue weighted by Crippen LogP contribution is -2.32. The van der Waals surface area contributed by atoms with E-state index in [9.17, 15) is 9.59 Å². The highest BCUT2D eigenvalue weighted by molar-refractivity contribution is 6.40. The number of amides is 2. The molecule has 33 heavy (non-hydrogen) atoms. The van der Waals surface area contributed by atoms with Crippen LogP contribution in [0.1, 0.15) is 11.1 Å². The second-order valence-corrected chi connectivity index (χ2v) is 7.55. The molecule has 8 heteroatoms. The zero-order valence-electron chi connectivity index (χ0n) is 17.7. The number of nitrogens with zero attached hydrogens (tertiary/aromatic N) is 3. The van der Waals surface area contributed by atoms with Gasteiger partial charge in [0, 0.05) is 28.0 Å². The van der Waals surface area contributed by atoms with Crippen molar-refractivity contribution in [1.29, 1.82) is 0 Å². The van der Waals surface area contributed by atoms with Gasteiger partial charge in [0.25, 0.3) is 0 Å². The van der Waals surface area contributed by atoms with Crippen LogP contribution in [0.25, 0.3) is 16.9 Å². The van der Waals surface area contributed by atoms with Crippen LogP contribution in [0.3, 0.4) is 0 Å². The van der Waals surface area contributed by atoms with Crippen molar-refractivity contribution >= 4 is 35.3 Å². The molecule has 0 aliphatic rings. The minimum atomic E-state index is -0.901. The molecular formula is C25H20ClN5O2. The normalized spacial score (nSPS) is 10.8. The molecule has 1 heterocycles. The third-order valence-electron chi connectivity index (χ3n) is 4.90. The molecule has 0 saturated heterocycles. The van der Waals surface area contributed by atoms with Crippen molar-refractivity contribution in [2.75, 3.05) is 5.32 Å². The van der Waals surface area contributed by atoms with Gasteiger partial charge in [-0.05, 0) is 36.8 Å². The second-order valence-electron chi connectivity index (χ2n) is 7.14. The van der Waals surface area contributed by atoms with Gasteiger partial charge in [0.1, 0.15) is 5.69 Å². The number of halogens is 1. The van der Waals surface area contributed by atoms with Crippen LogP contribution in [0.5, 0.6) is 0 Å². The zero-order valence-corrected chi connectivity index (χ0v) is 18.5. The molecule has 2 amide bonds. The number of rotatable bonds is 5. The fourth-order valence-electron chi connectivity index (χ4n) is 3.15. The summed E-state index contributed by atoms with van der Waals surface area (Å²) < 4.78 is 1.74. The van der Waals surface area contributed by atoms with Gasteiger partial charge in [-0.3, -0.25) is 9.59 Å². The fraction of sp³-hybridized carbons (Fsp3) is 0.0400. The van der Waals surface area contributed by atoms with Crippen molar-refractivity contribution in [3.8, 4) is 16.9 Å². The number of carbonyl (C=O) groups excluding carboxylic acids is 2. The minimum absolute atomic E-state index is 0.460. The zero-order chi connectivity index (χ0) is 23.2. The number of carbonyl (C=O) groups is 2. The summed E-state index contributed by atoms with van der Waals surface area (Å²) in [6, 6.07) is 24.4. The van der Waals surface area contributed by atoms with Gasteiger partial charge >= 0.3 is 11.8 Å². The molecule has 1 aromatic heterocycles. The highest BCUT2D eigenvalue weighted by Gasteiger charge is 2.15. The first kappa shape index (κ1) is 22.0. The molecule has 4 aromatic rings. The van der Waals surface area contributed by atoms with Gasteiger partial charge in [-0.15, -0.1) is 0 Å². The van der Waals surface area contributed by atoms with Crippen molar-refractivity contribution in [2.45, 2.75) is 6.92 Å². The lowest BCUT2D eigenvalue weighted by molar-refractivity contribution is -0.136. The Labute approximate surface area is 195 Å². The molecule has 0 aliphatic carbocycles. The number of para-hydroxylation sites is 1. The van der Waals surface area contributed by atoms with Crippen LogP contribution in [0, 0.1) is 6.92 Å². The maximum atomic E-state index is 12.2. The molecule has 0 bridgehead atoms. The van der Waals surface area contributed by atoms with E-state index in [1.54, 1.807) is 29.8 Å². The number of hydrogen-bond donors (Lipinski definition) is 2. The van der Waals surface area contributed by atoms with E-state index in [2.05, 4.69) is 20.9 Å². The number of anilines is 1. The van der Waals surface area contributed by atoms with E-state index in [0.29, 0.717) is 27.5 Å². The molecule has 2 N–H and O–H groups in total. The summed E-state index contributed by atoms with van der Waals surface area (Å²) in [5.41, 5.74) is 6.54. The van der Waals surface area contributed by atoms with Crippen LogP contribution >= 0.6 is 11.6 Å². The maximum Gasteiger partial charge on any atom is 0.329 e. The molecule has 0 saturated carbocycles. The van der Waals surface area contributed by atoms with Crippen LogP contribution in [-0.4, -0.2) is 27.8 Å². The van der Waals surface area contributed by atoms with Gasteiger partial charge in [0.15, 0.2) is 0 Å². The standard InChI is InChI=1S/C25H20ClN5O2/c1-17-21(26)13-8-14-22(17)28-24(32)25(33)29-27-15-19-16-31(20-11-6-3-7-12-20)30-23(19)18-9-4-2-5-10-18/h2-16H,1H3,(H,28,32)(H,29,33). The molecule has 0 aliphatic heterocycles. The van der Waals surface area contributed by atoms with E-state index in [0.717, 1.165) is 11.3 Å². The quantitative estimate of drug-likeness (QED) is 0.261. The predicted octanol–water partition coefficient (Wildman–Crippen LogP) is 4.59. The highest BCUT2D eigenvalue weighted by atomic mass is 35.5. The van der Waals surface area contributed by atoms with Gasteiger partial charge in [0.05, 0.1) is 11.9 Å². The molecule has 0 fully saturated rings. The van der Waals surface area contributed by atoms with Crippen molar-refractivity contribution < 1.29 is 9.59 Å². The molecule has 0 spiro atoms. The number of hydrazone groups is 1. The molecule has 0 atom stereocenters. The summed E-state index contributed by atoms with van der Waals surface area (Å²) in [7, 11) is 0. The smallest absolute Gasteiger partial charge is 0.317 e. The SMILES string of the molecule is Cc1c(Cl)cccc1NC(=O)C(=O)NN=Cc1cn(-c2ccccc2)nc1-c1ccccc1. The van der Waals surface area contributed by atoms with E-state index in [1.807, 2.05) is 66.9 Å². The highest BCUT2D eigenvalue weighted by Crippen LogP contribution is 2.23. The number of benzene rings is 3. The van der Waals surface area contributed by atoms with Crippen LogP contribution in [0.2, 0.25) is 5.02 Å². The molecule has 0 unspecified atom stereocenters. The maximum absolute atomic E-state index is 12.2. The van der Waals surface area contributed by atoms with E-state index in [-0.39, 0.29) is 0 Å². The Bertz CT molecular complexity index is 1320. The molecule has 0 radical (unpaired) electrons. The fourth-order valence-corrected chi connectivity index (χ4v) is 3.32. The van der Waals surface area contributed by atoms with Crippen molar-refractivity contribution in [2.24, 2.45) is 5.10 Å². The summed E-state index contributed by atoms with van der Waals surface area (Å²) in [6.07, 6.45) is 3.27. The number of aromatic nitrogens is 2. The summed E-state index contributed by atoms with van der Waals surface area (Å²) in [6.45, 7) is 1.75. The Morgan fingerprint density at radius 2 is 1.64 bits per heavy atom. The van der Waals surface area contributed by atoms with Crippen molar-refractivity contribution in [3.05, 3.63) is 101 Å². The monoisotopic (exact) mass is 457 g/mol. The molecule has 164 valence electrons. The van der Waals surface area contributed by atoms with E-state index in [1.165, 1.54) is 6.21 Å². The average Bonchev–Trinajstić information content (AvgIpc) is 3.27. The number of hydrogen-bond acceptors (Lipinski definition) is 4. The van der Waals surface area contributed by atoms with Gasteiger partial charge in [0.2, 0.25) is 0 Å². The van der Waals surface area contributed by atoms with Crippen LogP contribution < -0.4 is 10.7 Å². The van der Waals surface area contributed by atoms with Crippen LogP contribution in [-0.2, 0) is 9.59 Å². The largest absolute Gasteiger partial charge is 0.329 e. The predicted molar refractivity (Wildman–Crippen MR) is 130 cm³/mol. The lowest BCUT2D eigenvalue weighted by Gasteiger charge is -2.08. The van der Waals surface area contributed by atoms with Crippen molar-refractivity contribution in [1.82, 2.24) is 15.2 Å². The first-order valence-corrected chi connectivity index (χ1v) is 10.5.